The minimum absolute atomic E-state index is 0.542. The van der Waals surface area contributed by atoms with Crippen LogP contribution in [0.3, 0.4) is 0 Å². The van der Waals surface area contributed by atoms with E-state index in [2.05, 4.69) is 44.1 Å². The molecule has 10 heteroatoms. The second kappa shape index (κ2) is 9.76. The second-order valence-corrected chi connectivity index (χ2v) is 8.54. The zero-order valence-electron chi connectivity index (χ0n) is 18.6. The zero-order valence-corrected chi connectivity index (χ0v) is 19.4. The summed E-state index contributed by atoms with van der Waals surface area (Å²) in [7, 11) is 0. The monoisotopic (exact) mass is 466 g/mol. The van der Waals surface area contributed by atoms with Crippen molar-refractivity contribution in [3.63, 3.8) is 0 Å². The van der Waals surface area contributed by atoms with E-state index in [1.165, 1.54) is 5.56 Å². The first-order chi connectivity index (χ1) is 16.2. The molecule has 0 amide bonds. The summed E-state index contributed by atoms with van der Waals surface area (Å²) in [4.78, 5) is 25.3. The summed E-state index contributed by atoms with van der Waals surface area (Å²) in [5, 5.41) is 4.02. The number of piperazine rings is 1. The first-order valence-electron chi connectivity index (χ1n) is 11.2. The van der Waals surface area contributed by atoms with Gasteiger partial charge in [0.15, 0.2) is 0 Å². The van der Waals surface area contributed by atoms with Crippen LogP contribution in [0.5, 0.6) is 0 Å². The Kier molecular flexibility index (Phi) is 6.41. The summed E-state index contributed by atoms with van der Waals surface area (Å²) >= 11 is 6.35. The van der Waals surface area contributed by atoms with Crippen molar-refractivity contribution in [1.82, 2.24) is 19.9 Å². The normalized spacial score (nSPS) is 16.7. The molecule has 2 aromatic heterocycles. The lowest BCUT2D eigenvalue weighted by Crippen LogP contribution is -2.47. The second-order valence-electron chi connectivity index (χ2n) is 8.13. The highest BCUT2D eigenvalue weighted by atomic mass is 35.5. The molecule has 0 atom stereocenters. The van der Waals surface area contributed by atoms with Crippen molar-refractivity contribution in [2.45, 2.75) is 6.92 Å². The minimum Gasteiger partial charge on any atom is -0.378 e. The number of aromatic nitrogens is 4. The summed E-state index contributed by atoms with van der Waals surface area (Å²) in [6.45, 7) is 8.05. The van der Waals surface area contributed by atoms with Gasteiger partial charge in [-0.2, -0.15) is 15.0 Å². The lowest BCUT2D eigenvalue weighted by Gasteiger charge is -2.36. The molecule has 33 heavy (non-hydrogen) atoms. The highest BCUT2D eigenvalue weighted by Gasteiger charge is 2.24. The van der Waals surface area contributed by atoms with Crippen molar-refractivity contribution in [3.05, 3.63) is 53.2 Å². The fraction of sp³-hybridized carbons (Fsp3) is 0.391. The topological polar surface area (TPSA) is 82.5 Å². The van der Waals surface area contributed by atoms with E-state index in [1.54, 1.807) is 6.20 Å². The van der Waals surface area contributed by atoms with Crippen LogP contribution in [0.15, 0.2) is 42.6 Å². The molecule has 5 rings (SSSR count). The molecule has 0 aliphatic carbocycles. The van der Waals surface area contributed by atoms with Crippen LogP contribution in [-0.4, -0.2) is 72.4 Å². The standard InChI is InChI=1S/C23H27ClN8O/c1-17-4-6-18(7-5-17)26-21-27-22(29-23(28-21)32-13-15-33-16-14-32)31-11-9-30(10-12-31)20-19(24)3-2-8-25-20/h2-8H,9-16H2,1H3,(H,26,27,28,29). The number of nitrogens with one attached hydrogen (secondary N) is 1. The van der Waals surface area contributed by atoms with Gasteiger partial charge in [-0.3, -0.25) is 0 Å². The molecule has 0 radical (unpaired) electrons. The molecule has 1 N–H and O–H groups in total. The summed E-state index contributed by atoms with van der Waals surface area (Å²) in [6.07, 6.45) is 1.77. The van der Waals surface area contributed by atoms with Gasteiger partial charge in [0.2, 0.25) is 17.8 Å². The maximum atomic E-state index is 6.35. The summed E-state index contributed by atoms with van der Waals surface area (Å²) in [5.74, 6) is 2.71. The molecule has 2 aliphatic heterocycles. The van der Waals surface area contributed by atoms with Crippen molar-refractivity contribution in [2.75, 3.05) is 72.5 Å². The average Bonchev–Trinajstić information content (AvgIpc) is 2.86. The Bertz CT molecular complexity index is 1080. The molecule has 2 aliphatic rings. The van der Waals surface area contributed by atoms with Crippen LogP contribution in [-0.2, 0) is 4.74 Å². The zero-order chi connectivity index (χ0) is 22.6. The van der Waals surface area contributed by atoms with Crippen LogP contribution in [0, 0.1) is 6.92 Å². The van der Waals surface area contributed by atoms with E-state index in [4.69, 9.17) is 31.3 Å². The van der Waals surface area contributed by atoms with Crippen molar-refractivity contribution in [3.8, 4) is 0 Å². The number of morpholine rings is 1. The molecular weight excluding hydrogens is 440 g/mol. The number of ether oxygens (including phenoxy) is 1. The van der Waals surface area contributed by atoms with Gasteiger partial charge in [0.1, 0.15) is 5.82 Å². The van der Waals surface area contributed by atoms with E-state index in [0.29, 0.717) is 36.1 Å². The molecule has 9 nitrogen and oxygen atoms in total. The summed E-state index contributed by atoms with van der Waals surface area (Å²) < 4.78 is 5.51. The number of nitrogens with zero attached hydrogens (tertiary/aromatic N) is 7. The quantitative estimate of drug-likeness (QED) is 0.609. The molecule has 3 aromatic rings. The maximum absolute atomic E-state index is 6.35. The average molecular weight is 467 g/mol. The van der Waals surface area contributed by atoms with Crippen LogP contribution >= 0.6 is 11.6 Å². The van der Waals surface area contributed by atoms with Gasteiger partial charge in [-0.05, 0) is 31.2 Å². The molecule has 172 valence electrons. The fourth-order valence-electron chi connectivity index (χ4n) is 3.95. The van der Waals surface area contributed by atoms with Crippen molar-refractivity contribution in [2.24, 2.45) is 0 Å². The Morgan fingerprint density at radius 2 is 1.45 bits per heavy atom. The molecule has 0 saturated carbocycles. The van der Waals surface area contributed by atoms with E-state index < -0.39 is 0 Å². The van der Waals surface area contributed by atoms with Crippen molar-refractivity contribution < 1.29 is 4.74 Å². The number of halogens is 1. The number of aryl methyl sites for hydroxylation is 1. The van der Waals surface area contributed by atoms with E-state index in [-0.39, 0.29) is 0 Å². The molecule has 0 bridgehead atoms. The predicted molar refractivity (Wildman–Crippen MR) is 131 cm³/mol. The van der Waals surface area contributed by atoms with Gasteiger partial charge in [-0.15, -0.1) is 0 Å². The highest BCUT2D eigenvalue weighted by Crippen LogP contribution is 2.25. The Hall–Kier alpha value is -3.17. The molecule has 0 unspecified atom stereocenters. The van der Waals surface area contributed by atoms with Crippen molar-refractivity contribution >= 4 is 41.0 Å². The number of hydrogen-bond acceptors (Lipinski definition) is 9. The van der Waals surface area contributed by atoms with E-state index in [9.17, 15) is 0 Å². The smallest absolute Gasteiger partial charge is 0.233 e. The lowest BCUT2D eigenvalue weighted by atomic mass is 10.2. The molecule has 1 aromatic carbocycles. The van der Waals surface area contributed by atoms with Crippen molar-refractivity contribution in [1.29, 1.82) is 0 Å². The maximum Gasteiger partial charge on any atom is 0.233 e. The lowest BCUT2D eigenvalue weighted by molar-refractivity contribution is 0.122. The third-order valence-electron chi connectivity index (χ3n) is 5.81. The van der Waals surface area contributed by atoms with Gasteiger partial charge in [0, 0.05) is 51.2 Å². The molecule has 0 spiro atoms. The van der Waals surface area contributed by atoms with E-state index >= 15 is 0 Å². The van der Waals surface area contributed by atoms with E-state index in [0.717, 1.165) is 50.8 Å². The molecule has 2 fully saturated rings. The largest absolute Gasteiger partial charge is 0.378 e. The summed E-state index contributed by atoms with van der Waals surface area (Å²) in [5.41, 5.74) is 2.15. The number of pyridine rings is 1. The van der Waals surface area contributed by atoms with Crippen LogP contribution < -0.4 is 20.0 Å². The molecular formula is C23H27ClN8O. The number of anilines is 5. The third kappa shape index (κ3) is 5.09. The Morgan fingerprint density at radius 3 is 2.12 bits per heavy atom. The van der Waals surface area contributed by atoms with Gasteiger partial charge in [0.25, 0.3) is 0 Å². The number of benzene rings is 1. The summed E-state index contributed by atoms with van der Waals surface area (Å²) in [6, 6.07) is 11.9. The van der Waals surface area contributed by atoms with Gasteiger partial charge >= 0.3 is 0 Å². The first kappa shape index (κ1) is 21.7. The Labute approximate surface area is 198 Å². The van der Waals surface area contributed by atoms with Crippen LogP contribution in [0.1, 0.15) is 5.56 Å². The number of hydrogen-bond donors (Lipinski definition) is 1. The Balaban J connectivity index is 1.37. The van der Waals surface area contributed by atoms with Crippen LogP contribution in [0.25, 0.3) is 0 Å². The van der Waals surface area contributed by atoms with Crippen LogP contribution in [0.4, 0.5) is 29.4 Å². The van der Waals surface area contributed by atoms with Gasteiger partial charge in [-0.25, -0.2) is 4.98 Å². The number of rotatable bonds is 5. The molecule has 4 heterocycles. The highest BCUT2D eigenvalue weighted by molar-refractivity contribution is 6.32. The fourth-order valence-corrected chi connectivity index (χ4v) is 4.19. The predicted octanol–water partition coefficient (Wildman–Crippen LogP) is 3.14. The molecule has 2 saturated heterocycles. The van der Waals surface area contributed by atoms with Gasteiger partial charge in [-0.1, -0.05) is 29.3 Å². The van der Waals surface area contributed by atoms with Gasteiger partial charge < -0.3 is 24.8 Å². The first-order valence-corrected chi connectivity index (χ1v) is 11.6. The van der Waals surface area contributed by atoms with Crippen LogP contribution in [0.2, 0.25) is 5.02 Å². The van der Waals surface area contributed by atoms with E-state index in [1.807, 2.05) is 24.3 Å². The minimum atomic E-state index is 0.542. The van der Waals surface area contributed by atoms with Gasteiger partial charge in [0.05, 0.1) is 18.2 Å². The Morgan fingerprint density at radius 1 is 0.818 bits per heavy atom. The SMILES string of the molecule is Cc1ccc(Nc2nc(N3CCOCC3)nc(N3CCN(c4ncccc4Cl)CC3)n2)cc1. The third-order valence-corrected chi connectivity index (χ3v) is 6.11.